The standard InChI is InChI=1S/C12H21N3O2S/c1-9(2)15(4)18(16,17)14-12-7-5-11(6-8-12)10(3)13/h5-10,14H,13H2,1-4H3. The molecule has 1 aromatic rings. The number of nitrogens with one attached hydrogen (secondary N) is 1. The molecule has 3 N–H and O–H groups in total. The van der Waals surface area contributed by atoms with Gasteiger partial charge in [-0.1, -0.05) is 12.1 Å². The van der Waals surface area contributed by atoms with Crippen molar-refractivity contribution >= 4 is 15.9 Å². The molecule has 1 rings (SSSR count). The van der Waals surface area contributed by atoms with Crippen LogP contribution in [0.1, 0.15) is 32.4 Å². The Morgan fingerprint density at radius 2 is 1.67 bits per heavy atom. The van der Waals surface area contributed by atoms with Crippen LogP contribution in [0.2, 0.25) is 0 Å². The minimum absolute atomic E-state index is 0.0611. The van der Waals surface area contributed by atoms with Crippen molar-refractivity contribution in [1.82, 2.24) is 4.31 Å². The lowest BCUT2D eigenvalue weighted by molar-refractivity contribution is 0.414. The molecule has 0 spiro atoms. The van der Waals surface area contributed by atoms with E-state index < -0.39 is 10.2 Å². The van der Waals surface area contributed by atoms with E-state index in [1.165, 1.54) is 4.31 Å². The zero-order valence-electron chi connectivity index (χ0n) is 11.2. The molecule has 0 amide bonds. The van der Waals surface area contributed by atoms with Crippen LogP contribution in [0.15, 0.2) is 24.3 Å². The SMILES string of the molecule is CC(N)c1ccc(NS(=O)(=O)N(C)C(C)C)cc1. The second kappa shape index (κ2) is 5.69. The van der Waals surface area contributed by atoms with Gasteiger partial charge in [-0.25, -0.2) is 0 Å². The van der Waals surface area contributed by atoms with Crippen molar-refractivity contribution in [3.05, 3.63) is 29.8 Å². The summed E-state index contributed by atoms with van der Waals surface area (Å²) in [5, 5.41) is 0. The molecule has 0 heterocycles. The first kappa shape index (κ1) is 14.9. The second-order valence-electron chi connectivity index (χ2n) is 4.63. The van der Waals surface area contributed by atoms with Gasteiger partial charge >= 0.3 is 10.2 Å². The van der Waals surface area contributed by atoms with Crippen molar-refractivity contribution in [3.63, 3.8) is 0 Å². The van der Waals surface area contributed by atoms with Crippen LogP contribution in [0, 0.1) is 0 Å². The summed E-state index contributed by atoms with van der Waals surface area (Å²) in [7, 11) is -1.95. The third kappa shape index (κ3) is 3.69. The number of anilines is 1. The van der Waals surface area contributed by atoms with Gasteiger partial charge in [0.25, 0.3) is 0 Å². The second-order valence-corrected chi connectivity index (χ2v) is 6.36. The lowest BCUT2D eigenvalue weighted by atomic mass is 10.1. The van der Waals surface area contributed by atoms with E-state index in [-0.39, 0.29) is 12.1 Å². The van der Waals surface area contributed by atoms with Crippen LogP contribution in [0.4, 0.5) is 5.69 Å². The van der Waals surface area contributed by atoms with Crippen molar-refractivity contribution in [3.8, 4) is 0 Å². The predicted octanol–water partition coefficient (Wildman–Crippen LogP) is 1.70. The number of benzene rings is 1. The molecule has 0 radical (unpaired) electrons. The van der Waals surface area contributed by atoms with Crippen molar-refractivity contribution < 1.29 is 8.42 Å². The summed E-state index contributed by atoms with van der Waals surface area (Å²) in [6, 6.07) is 6.91. The van der Waals surface area contributed by atoms with E-state index in [0.29, 0.717) is 5.69 Å². The highest BCUT2D eigenvalue weighted by atomic mass is 32.2. The Morgan fingerprint density at radius 3 is 2.06 bits per heavy atom. The fourth-order valence-electron chi connectivity index (χ4n) is 1.35. The van der Waals surface area contributed by atoms with Crippen molar-refractivity contribution in [2.45, 2.75) is 32.9 Å². The van der Waals surface area contributed by atoms with E-state index in [1.807, 2.05) is 32.9 Å². The average Bonchev–Trinajstić information content (AvgIpc) is 2.28. The van der Waals surface area contributed by atoms with Gasteiger partial charge in [-0.15, -0.1) is 0 Å². The molecule has 0 bridgehead atoms. The number of rotatable bonds is 5. The molecule has 0 saturated heterocycles. The minimum atomic E-state index is -3.49. The zero-order chi connectivity index (χ0) is 13.9. The fraction of sp³-hybridized carbons (Fsp3) is 0.500. The largest absolute Gasteiger partial charge is 0.324 e. The minimum Gasteiger partial charge on any atom is -0.324 e. The van der Waals surface area contributed by atoms with E-state index in [4.69, 9.17) is 5.73 Å². The summed E-state index contributed by atoms with van der Waals surface area (Å²) < 4.78 is 27.7. The molecule has 0 fully saturated rings. The molecule has 0 aliphatic carbocycles. The molecule has 1 aromatic carbocycles. The number of nitrogens with zero attached hydrogens (tertiary/aromatic N) is 1. The summed E-state index contributed by atoms with van der Waals surface area (Å²) in [5.41, 5.74) is 7.23. The normalized spacial score (nSPS) is 13.9. The van der Waals surface area contributed by atoms with Crippen LogP contribution in [-0.2, 0) is 10.2 Å². The zero-order valence-corrected chi connectivity index (χ0v) is 12.0. The third-order valence-corrected chi connectivity index (χ3v) is 4.46. The highest BCUT2D eigenvalue weighted by Gasteiger charge is 2.20. The number of hydrogen-bond donors (Lipinski definition) is 2. The Kier molecular flexibility index (Phi) is 4.72. The van der Waals surface area contributed by atoms with E-state index in [2.05, 4.69) is 4.72 Å². The van der Waals surface area contributed by atoms with Gasteiger partial charge in [-0.3, -0.25) is 4.72 Å². The first-order valence-electron chi connectivity index (χ1n) is 5.85. The Balaban J connectivity index is 2.85. The van der Waals surface area contributed by atoms with Gasteiger partial charge in [0, 0.05) is 24.8 Å². The van der Waals surface area contributed by atoms with Gasteiger partial charge in [0.2, 0.25) is 0 Å². The molecular weight excluding hydrogens is 250 g/mol. The highest BCUT2D eigenvalue weighted by Crippen LogP contribution is 2.16. The summed E-state index contributed by atoms with van der Waals surface area (Å²) in [4.78, 5) is 0. The smallest absolute Gasteiger partial charge is 0.301 e. The average molecular weight is 271 g/mol. The van der Waals surface area contributed by atoms with Gasteiger partial charge in [-0.05, 0) is 38.5 Å². The van der Waals surface area contributed by atoms with E-state index >= 15 is 0 Å². The van der Waals surface area contributed by atoms with Crippen molar-refractivity contribution in [2.75, 3.05) is 11.8 Å². The first-order chi connectivity index (χ1) is 8.24. The third-order valence-electron chi connectivity index (χ3n) is 2.79. The Hall–Kier alpha value is -1.11. The van der Waals surface area contributed by atoms with Gasteiger partial charge in [-0.2, -0.15) is 12.7 Å². The van der Waals surface area contributed by atoms with Gasteiger partial charge in [0.1, 0.15) is 0 Å². The van der Waals surface area contributed by atoms with E-state index in [9.17, 15) is 8.42 Å². The molecule has 0 aliphatic heterocycles. The Bertz CT molecular complexity index is 481. The summed E-state index contributed by atoms with van der Waals surface area (Å²) in [6.07, 6.45) is 0. The molecule has 0 aromatic heterocycles. The monoisotopic (exact) mass is 271 g/mol. The fourth-order valence-corrected chi connectivity index (χ4v) is 2.49. The topological polar surface area (TPSA) is 75.4 Å². The Labute approximate surface area is 109 Å². The molecule has 18 heavy (non-hydrogen) atoms. The van der Waals surface area contributed by atoms with Crippen LogP contribution >= 0.6 is 0 Å². The van der Waals surface area contributed by atoms with Crippen molar-refractivity contribution in [2.24, 2.45) is 5.73 Å². The van der Waals surface area contributed by atoms with Gasteiger partial charge < -0.3 is 5.73 Å². The summed E-state index contributed by atoms with van der Waals surface area (Å²) >= 11 is 0. The molecule has 5 nitrogen and oxygen atoms in total. The van der Waals surface area contributed by atoms with Crippen LogP contribution in [0.25, 0.3) is 0 Å². The van der Waals surface area contributed by atoms with E-state index in [0.717, 1.165) is 5.56 Å². The quantitative estimate of drug-likeness (QED) is 0.856. The van der Waals surface area contributed by atoms with Gasteiger partial charge in [0.05, 0.1) is 0 Å². The van der Waals surface area contributed by atoms with Crippen LogP contribution in [0.3, 0.4) is 0 Å². The maximum Gasteiger partial charge on any atom is 0.301 e. The molecule has 0 saturated carbocycles. The first-order valence-corrected chi connectivity index (χ1v) is 7.29. The summed E-state index contributed by atoms with van der Waals surface area (Å²) in [6.45, 7) is 5.52. The highest BCUT2D eigenvalue weighted by molar-refractivity contribution is 7.90. The lowest BCUT2D eigenvalue weighted by Crippen LogP contribution is -2.37. The summed E-state index contributed by atoms with van der Waals surface area (Å²) in [5.74, 6) is 0. The molecular formula is C12H21N3O2S. The number of nitrogens with two attached hydrogens (primary N) is 1. The van der Waals surface area contributed by atoms with E-state index in [1.54, 1.807) is 19.2 Å². The van der Waals surface area contributed by atoms with Crippen molar-refractivity contribution in [1.29, 1.82) is 0 Å². The van der Waals surface area contributed by atoms with Crippen LogP contribution in [-0.4, -0.2) is 25.8 Å². The maximum atomic E-state index is 12.0. The molecule has 1 atom stereocenters. The van der Waals surface area contributed by atoms with Gasteiger partial charge in [0.15, 0.2) is 0 Å². The molecule has 0 aliphatic rings. The van der Waals surface area contributed by atoms with Crippen LogP contribution in [0.5, 0.6) is 0 Å². The molecule has 6 heteroatoms. The number of hydrogen-bond acceptors (Lipinski definition) is 3. The maximum absolute atomic E-state index is 12.0. The Morgan fingerprint density at radius 1 is 1.17 bits per heavy atom. The predicted molar refractivity (Wildman–Crippen MR) is 74.5 cm³/mol. The lowest BCUT2D eigenvalue weighted by Gasteiger charge is -2.21. The van der Waals surface area contributed by atoms with Crippen LogP contribution < -0.4 is 10.5 Å². The molecule has 1 unspecified atom stereocenters. The molecule has 102 valence electrons.